The second kappa shape index (κ2) is 11.9. The molecule has 0 radical (unpaired) electrons. The number of rotatable bonds is 7. The molecule has 1 aromatic carbocycles. The molecule has 4 rings (SSSR count). The van der Waals surface area contributed by atoms with E-state index in [0.29, 0.717) is 12.5 Å². The highest BCUT2D eigenvalue weighted by Crippen LogP contribution is 2.33. The average molecular weight is 570 g/mol. The van der Waals surface area contributed by atoms with Gasteiger partial charge in [-0.1, -0.05) is 0 Å². The summed E-state index contributed by atoms with van der Waals surface area (Å²) in [5.41, 5.74) is 1.23. The van der Waals surface area contributed by atoms with E-state index in [1.807, 2.05) is 24.6 Å². The summed E-state index contributed by atoms with van der Waals surface area (Å²) < 4.78 is 18.7. The van der Waals surface area contributed by atoms with Crippen LogP contribution in [0.25, 0.3) is 0 Å². The number of likely N-dealkylation sites (tertiary alicyclic amines) is 1. The Morgan fingerprint density at radius 3 is 2.55 bits per heavy atom. The van der Waals surface area contributed by atoms with Crippen LogP contribution in [0.3, 0.4) is 0 Å². The van der Waals surface area contributed by atoms with Crippen molar-refractivity contribution in [2.24, 2.45) is 12.0 Å². The predicted molar refractivity (Wildman–Crippen MR) is 138 cm³/mol. The fraction of sp³-hybridized carbons (Fsp3) is 0.609. The fourth-order valence-electron chi connectivity index (χ4n) is 4.30. The Hall–Kier alpha value is -2.08. The number of aryl methyl sites for hydroxylation is 1. The third-order valence-electron chi connectivity index (χ3n) is 6.40. The highest BCUT2D eigenvalue weighted by atomic mass is 127. The maximum absolute atomic E-state index is 5.80. The number of nitrogens with one attached hydrogen (secondary N) is 1. The van der Waals surface area contributed by atoms with Gasteiger partial charge in [0.05, 0.1) is 20.3 Å². The molecular weight excluding hydrogens is 535 g/mol. The van der Waals surface area contributed by atoms with E-state index in [1.54, 1.807) is 14.2 Å². The first-order valence-electron chi connectivity index (χ1n) is 11.3. The Morgan fingerprint density at radius 1 is 1.18 bits per heavy atom. The van der Waals surface area contributed by atoms with Gasteiger partial charge < -0.3 is 29.0 Å². The van der Waals surface area contributed by atoms with E-state index in [2.05, 4.69) is 32.5 Å². The maximum Gasteiger partial charge on any atom is 0.194 e. The Bertz CT molecular complexity index is 922. The molecule has 0 spiro atoms. The van der Waals surface area contributed by atoms with Crippen LogP contribution in [0, 0.1) is 6.92 Å². The lowest BCUT2D eigenvalue weighted by Crippen LogP contribution is -2.43. The standard InChI is InChI=1S/C23H34N6O3.HI/c1-16-26-27-22(28(16)2)14-25-23(24-13-19-6-5-9-32-19)29-8-7-17(15-29)18-10-20(30-3)12-21(11-18)31-4;/h10-12,17,19H,5-9,13-15H2,1-4H3,(H,24,25);1H. The van der Waals surface area contributed by atoms with Crippen LogP contribution in [0.2, 0.25) is 0 Å². The molecule has 0 saturated carbocycles. The maximum atomic E-state index is 5.80. The third-order valence-corrected chi connectivity index (χ3v) is 6.40. The SMILES string of the molecule is COc1cc(OC)cc(C2CCN(C(=NCc3nnc(C)n3C)NCC3CCCO3)C2)c1.I. The first-order valence-corrected chi connectivity index (χ1v) is 11.3. The van der Waals surface area contributed by atoms with Gasteiger partial charge in [0, 0.05) is 45.3 Å². The van der Waals surface area contributed by atoms with Crippen LogP contribution in [-0.2, 0) is 18.3 Å². The number of hydrogen-bond donors (Lipinski definition) is 1. The predicted octanol–water partition coefficient (Wildman–Crippen LogP) is 2.87. The summed E-state index contributed by atoms with van der Waals surface area (Å²) in [7, 11) is 5.35. The van der Waals surface area contributed by atoms with Gasteiger partial charge in [-0.25, -0.2) is 4.99 Å². The summed E-state index contributed by atoms with van der Waals surface area (Å²) in [4.78, 5) is 7.24. The van der Waals surface area contributed by atoms with Crippen LogP contribution in [0.4, 0.5) is 0 Å². The van der Waals surface area contributed by atoms with E-state index >= 15 is 0 Å². The molecule has 2 fully saturated rings. The summed E-state index contributed by atoms with van der Waals surface area (Å²) in [6.45, 7) is 5.86. The summed E-state index contributed by atoms with van der Waals surface area (Å²) in [6.07, 6.45) is 3.51. The molecule has 0 bridgehead atoms. The lowest BCUT2D eigenvalue weighted by Gasteiger charge is -2.23. The van der Waals surface area contributed by atoms with Crippen LogP contribution in [0.5, 0.6) is 11.5 Å². The molecule has 1 aromatic heterocycles. The minimum absolute atomic E-state index is 0. The van der Waals surface area contributed by atoms with Gasteiger partial charge in [-0.3, -0.25) is 0 Å². The Balaban J connectivity index is 0.00000306. The number of nitrogens with zero attached hydrogens (tertiary/aromatic N) is 5. The fourth-order valence-corrected chi connectivity index (χ4v) is 4.30. The average Bonchev–Trinajstić information content (AvgIpc) is 3.57. The second-order valence-corrected chi connectivity index (χ2v) is 8.46. The molecule has 3 heterocycles. The van der Waals surface area contributed by atoms with Crippen molar-refractivity contribution in [2.75, 3.05) is 40.5 Å². The van der Waals surface area contributed by atoms with Crippen molar-refractivity contribution >= 4 is 29.9 Å². The molecule has 33 heavy (non-hydrogen) atoms. The first kappa shape index (κ1) is 25.5. The van der Waals surface area contributed by atoms with E-state index in [1.165, 1.54) is 5.56 Å². The lowest BCUT2D eigenvalue weighted by atomic mass is 9.98. The van der Waals surface area contributed by atoms with E-state index in [0.717, 1.165) is 74.6 Å². The van der Waals surface area contributed by atoms with Crippen molar-refractivity contribution in [3.8, 4) is 11.5 Å². The van der Waals surface area contributed by atoms with Gasteiger partial charge in [0.1, 0.15) is 23.9 Å². The highest BCUT2D eigenvalue weighted by Gasteiger charge is 2.28. The van der Waals surface area contributed by atoms with Crippen LogP contribution in [0.1, 0.15) is 42.4 Å². The van der Waals surface area contributed by atoms with Crippen LogP contribution < -0.4 is 14.8 Å². The van der Waals surface area contributed by atoms with Crippen LogP contribution >= 0.6 is 24.0 Å². The molecule has 2 aliphatic rings. The molecule has 2 aromatic rings. The second-order valence-electron chi connectivity index (χ2n) is 8.46. The van der Waals surface area contributed by atoms with Crippen molar-refractivity contribution in [3.63, 3.8) is 0 Å². The van der Waals surface area contributed by atoms with Crippen molar-refractivity contribution in [1.82, 2.24) is 25.0 Å². The Morgan fingerprint density at radius 2 is 1.94 bits per heavy atom. The normalized spacial score (nSPS) is 20.6. The van der Waals surface area contributed by atoms with Crippen molar-refractivity contribution < 1.29 is 14.2 Å². The summed E-state index contributed by atoms with van der Waals surface area (Å²) in [6, 6.07) is 6.13. The van der Waals surface area contributed by atoms with Gasteiger partial charge in [0.2, 0.25) is 0 Å². The smallest absolute Gasteiger partial charge is 0.194 e. The minimum Gasteiger partial charge on any atom is -0.497 e. The molecule has 2 unspecified atom stereocenters. The van der Waals surface area contributed by atoms with Crippen LogP contribution in [-0.4, -0.2) is 72.2 Å². The first-order chi connectivity index (χ1) is 15.6. The lowest BCUT2D eigenvalue weighted by molar-refractivity contribution is 0.113. The molecule has 1 N–H and O–H groups in total. The summed E-state index contributed by atoms with van der Waals surface area (Å²) in [5.74, 6) is 4.66. The topological polar surface area (TPSA) is 86.0 Å². The molecule has 2 saturated heterocycles. The van der Waals surface area contributed by atoms with Crippen LogP contribution in [0.15, 0.2) is 23.2 Å². The Labute approximate surface area is 212 Å². The van der Waals surface area contributed by atoms with Gasteiger partial charge >= 0.3 is 0 Å². The summed E-state index contributed by atoms with van der Waals surface area (Å²) >= 11 is 0. The molecule has 0 amide bonds. The summed E-state index contributed by atoms with van der Waals surface area (Å²) in [5, 5.41) is 12.0. The van der Waals surface area contributed by atoms with Crippen molar-refractivity contribution in [3.05, 3.63) is 35.4 Å². The largest absolute Gasteiger partial charge is 0.497 e. The van der Waals surface area contributed by atoms with Gasteiger partial charge in [-0.15, -0.1) is 34.2 Å². The van der Waals surface area contributed by atoms with Crippen molar-refractivity contribution in [2.45, 2.75) is 44.8 Å². The quantitative estimate of drug-likeness (QED) is 0.312. The molecule has 10 heteroatoms. The third kappa shape index (κ3) is 6.28. The molecular formula is C23H35IN6O3. The number of ether oxygens (including phenoxy) is 3. The highest BCUT2D eigenvalue weighted by molar-refractivity contribution is 14.0. The molecule has 9 nitrogen and oxygen atoms in total. The van der Waals surface area contributed by atoms with Gasteiger partial charge in [-0.05, 0) is 43.9 Å². The van der Waals surface area contributed by atoms with Gasteiger partial charge in [0.15, 0.2) is 11.8 Å². The zero-order valence-corrected chi connectivity index (χ0v) is 22.2. The molecule has 0 aliphatic carbocycles. The monoisotopic (exact) mass is 570 g/mol. The Kier molecular flexibility index (Phi) is 9.19. The van der Waals surface area contributed by atoms with E-state index < -0.39 is 0 Å². The number of benzene rings is 1. The van der Waals surface area contributed by atoms with Gasteiger partial charge in [-0.2, -0.15) is 0 Å². The number of methoxy groups -OCH3 is 2. The number of aliphatic imine (C=N–C) groups is 1. The van der Waals surface area contributed by atoms with Gasteiger partial charge in [0.25, 0.3) is 0 Å². The van der Waals surface area contributed by atoms with E-state index in [-0.39, 0.29) is 30.1 Å². The minimum atomic E-state index is 0. The molecule has 182 valence electrons. The molecule has 2 atom stereocenters. The van der Waals surface area contributed by atoms with E-state index in [9.17, 15) is 0 Å². The number of aromatic nitrogens is 3. The number of halogens is 1. The number of hydrogen-bond acceptors (Lipinski definition) is 6. The zero-order valence-electron chi connectivity index (χ0n) is 19.9. The zero-order chi connectivity index (χ0) is 22.5. The number of guanidine groups is 1. The van der Waals surface area contributed by atoms with E-state index in [4.69, 9.17) is 19.2 Å². The molecule has 2 aliphatic heterocycles. The van der Waals surface area contributed by atoms with Crippen molar-refractivity contribution in [1.29, 1.82) is 0 Å².